The first-order valence-corrected chi connectivity index (χ1v) is 11.4. The number of nitrogens with zero attached hydrogens (tertiary/aromatic N) is 3. The third kappa shape index (κ3) is 4.36. The number of piperazine rings is 1. The lowest BCUT2D eigenvalue weighted by Crippen LogP contribution is -2.53. The van der Waals surface area contributed by atoms with E-state index in [1.54, 1.807) is 36.4 Å². The van der Waals surface area contributed by atoms with Crippen molar-refractivity contribution in [3.05, 3.63) is 102 Å². The second kappa shape index (κ2) is 9.44. The average Bonchev–Trinajstić information content (AvgIpc) is 3.16. The number of hydrogen-bond donors (Lipinski definition) is 0. The first-order chi connectivity index (χ1) is 16.5. The van der Waals surface area contributed by atoms with Gasteiger partial charge in [0.25, 0.3) is 5.91 Å². The molecule has 2 heterocycles. The van der Waals surface area contributed by atoms with Crippen LogP contribution in [0.1, 0.15) is 23.6 Å². The maximum Gasteiger partial charge on any atom is 0.251 e. The summed E-state index contributed by atoms with van der Waals surface area (Å²) in [5.74, 6) is -0.977. The molecule has 2 saturated heterocycles. The SMILES string of the molecule is O=C1C[C@@H](N2CCN(C(c3ccc(F)cc3)c3ccc(F)cc3)CC2)C(=O)N1c1ccccc1. The first-order valence-electron chi connectivity index (χ1n) is 11.4. The predicted octanol–water partition coefficient (Wildman–Crippen LogP) is 4.00. The molecule has 2 aliphatic rings. The van der Waals surface area contributed by atoms with Gasteiger partial charge < -0.3 is 0 Å². The Labute approximate surface area is 197 Å². The highest BCUT2D eigenvalue weighted by molar-refractivity contribution is 6.22. The van der Waals surface area contributed by atoms with Gasteiger partial charge in [-0.25, -0.2) is 13.7 Å². The number of benzene rings is 3. The smallest absolute Gasteiger partial charge is 0.251 e. The molecule has 7 heteroatoms. The molecule has 0 radical (unpaired) electrons. The van der Waals surface area contributed by atoms with Crippen LogP contribution in [0.2, 0.25) is 0 Å². The third-order valence-electron chi connectivity index (χ3n) is 6.66. The summed E-state index contributed by atoms with van der Waals surface area (Å²) in [6.45, 7) is 2.54. The molecule has 0 N–H and O–H groups in total. The van der Waals surface area contributed by atoms with Gasteiger partial charge in [0.05, 0.1) is 24.2 Å². The summed E-state index contributed by atoms with van der Waals surface area (Å²) < 4.78 is 27.1. The molecule has 0 bridgehead atoms. The van der Waals surface area contributed by atoms with E-state index in [9.17, 15) is 18.4 Å². The van der Waals surface area contributed by atoms with Gasteiger partial charge in [0.1, 0.15) is 11.6 Å². The van der Waals surface area contributed by atoms with Crippen molar-refractivity contribution in [2.24, 2.45) is 0 Å². The minimum absolute atomic E-state index is 0.162. The number of carbonyl (C=O) groups is 2. The summed E-state index contributed by atoms with van der Waals surface area (Å²) in [4.78, 5) is 31.4. The van der Waals surface area contributed by atoms with Gasteiger partial charge >= 0.3 is 0 Å². The fraction of sp³-hybridized carbons (Fsp3) is 0.259. The molecule has 3 aromatic rings. The molecule has 2 aliphatic heterocycles. The van der Waals surface area contributed by atoms with Crippen molar-refractivity contribution in [1.29, 1.82) is 0 Å². The molecule has 5 nitrogen and oxygen atoms in total. The Morgan fingerprint density at radius 2 is 1.24 bits per heavy atom. The lowest BCUT2D eigenvalue weighted by Gasteiger charge is -2.41. The number of imide groups is 1. The quantitative estimate of drug-likeness (QED) is 0.539. The van der Waals surface area contributed by atoms with E-state index in [1.807, 2.05) is 18.2 Å². The monoisotopic (exact) mass is 461 g/mol. The summed E-state index contributed by atoms with van der Waals surface area (Å²) in [6.07, 6.45) is 0.174. The Morgan fingerprint density at radius 3 is 1.76 bits per heavy atom. The molecular weight excluding hydrogens is 436 g/mol. The van der Waals surface area contributed by atoms with Crippen LogP contribution in [-0.4, -0.2) is 53.8 Å². The topological polar surface area (TPSA) is 43.9 Å². The van der Waals surface area contributed by atoms with Gasteiger partial charge in [0.2, 0.25) is 5.91 Å². The second-order valence-corrected chi connectivity index (χ2v) is 8.70. The lowest BCUT2D eigenvalue weighted by atomic mass is 9.96. The Morgan fingerprint density at radius 1 is 0.706 bits per heavy atom. The number of amides is 2. The van der Waals surface area contributed by atoms with E-state index >= 15 is 0 Å². The second-order valence-electron chi connectivity index (χ2n) is 8.70. The van der Waals surface area contributed by atoms with Crippen LogP contribution in [0.4, 0.5) is 14.5 Å². The van der Waals surface area contributed by atoms with Gasteiger partial charge in [-0.2, -0.15) is 0 Å². The van der Waals surface area contributed by atoms with Gasteiger partial charge in [-0.3, -0.25) is 19.4 Å². The maximum absolute atomic E-state index is 13.6. The van der Waals surface area contributed by atoms with Crippen molar-refractivity contribution in [1.82, 2.24) is 9.80 Å². The summed E-state index contributed by atoms with van der Waals surface area (Å²) in [6, 6.07) is 21.1. The molecule has 5 rings (SSSR count). The van der Waals surface area contributed by atoms with Crippen LogP contribution in [-0.2, 0) is 9.59 Å². The molecule has 0 unspecified atom stereocenters. The van der Waals surface area contributed by atoms with Gasteiger partial charge in [0, 0.05) is 26.2 Å². The van der Waals surface area contributed by atoms with E-state index in [2.05, 4.69) is 9.80 Å². The average molecular weight is 462 g/mol. The minimum atomic E-state index is -0.468. The Balaban J connectivity index is 1.33. The largest absolute Gasteiger partial charge is 0.290 e. The third-order valence-corrected chi connectivity index (χ3v) is 6.66. The predicted molar refractivity (Wildman–Crippen MR) is 125 cm³/mol. The number of carbonyl (C=O) groups excluding carboxylic acids is 2. The van der Waals surface area contributed by atoms with Crippen LogP contribution < -0.4 is 4.90 Å². The molecule has 34 heavy (non-hydrogen) atoms. The zero-order valence-electron chi connectivity index (χ0n) is 18.6. The van der Waals surface area contributed by atoms with Gasteiger partial charge in [-0.1, -0.05) is 42.5 Å². The van der Waals surface area contributed by atoms with Crippen molar-refractivity contribution < 1.29 is 18.4 Å². The van der Waals surface area contributed by atoms with Crippen LogP contribution in [0.25, 0.3) is 0 Å². The number of hydrogen-bond acceptors (Lipinski definition) is 4. The summed E-state index contributed by atoms with van der Waals surface area (Å²) in [5, 5.41) is 0. The molecule has 174 valence electrons. The highest BCUT2D eigenvalue weighted by Crippen LogP contribution is 2.32. The van der Waals surface area contributed by atoms with Crippen LogP contribution in [0, 0.1) is 11.6 Å². The number of para-hydroxylation sites is 1. The molecule has 3 aromatic carbocycles. The van der Waals surface area contributed by atoms with E-state index in [1.165, 1.54) is 29.2 Å². The lowest BCUT2D eigenvalue weighted by molar-refractivity contribution is -0.123. The molecular formula is C27H25F2N3O2. The maximum atomic E-state index is 13.6. The van der Waals surface area contributed by atoms with Crippen molar-refractivity contribution in [2.45, 2.75) is 18.5 Å². The van der Waals surface area contributed by atoms with Gasteiger partial charge in [-0.15, -0.1) is 0 Å². The normalized spacial score (nSPS) is 19.9. The van der Waals surface area contributed by atoms with Gasteiger partial charge in [0.15, 0.2) is 0 Å². The van der Waals surface area contributed by atoms with Crippen LogP contribution >= 0.6 is 0 Å². The Bertz CT molecular complexity index is 1120. The Kier molecular flexibility index (Phi) is 6.22. The molecule has 0 spiro atoms. The van der Waals surface area contributed by atoms with Crippen LogP contribution in [0.5, 0.6) is 0 Å². The van der Waals surface area contributed by atoms with E-state index in [0.717, 1.165) is 11.1 Å². The van der Waals surface area contributed by atoms with E-state index < -0.39 is 6.04 Å². The van der Waals surface area contributed by atoms with Crippen molar-refractivity contribution in [3.8, 4) is 0 Å². The highest BCUT2D eigenvalue weighted by Gasteiger charge is 2.43. The van der Waals surface area contributed by atoms with Crippen molar-refractivity contribution in [2.75, 3.05) is 31.1 Å². The summed E-state index contributed by atoms with van der Waals surface area (Å²) >= 11 is 0. The van der Waals surface area contributed by atoms with Crippen LogP contribution in [0.15, 0.2) is 78.9 Å². The molecule has 0 aromatic heterocycles. The minimum Gasteiger partial charge on any atom is -0.290 e. The fourth-order valence-electron chi connectivity index (χ4n) is 4.96. The molecule has 2 fully saturated rings. The van der Waals surface area contributed by atoms with E-state index in [0.29, 0.717) is 31.9 Å². The molecule has 0 saturated carbocycles. The van der Waals surface area contributed by atoms with Gasteiger partial charge in [-0.05, 0) is 47.5 Å². The van der Waals surface area contributed by atoms with Crippen molar-refractivity contribution >= 4 is 17.5 Å². The zero-order chi connectivity index (χ0) is 23.7. The molecule has 0 aliphatic carbocycles. The highest BCUT2D eigenvalue weighted by atomic mass is 19.1. The Hall–Kier alpha value is -3.42. The van der Waals surface area contributed by atoms with Crippen LogP contribution in [0.3, 0.4) is 0 Å². The fourth-order valence-corrected chi connectivity index (χ4v) is 4.96. The first kappa shape index (κ1) is 22.4. The molecule has 1 atom stereocenters. The molecule has 2 amide bonds. The number of halogens is 2. The summed E-state index contributed by atoms with van der Waals surface area (Å²) in [5.41, 5.74) is 2.44. The number of anilines is 1. The summed E-state index contributed by atoms with van der Waals surface area (Å²) in [7, 11) is 0. The standard InChI is InChI=1S/C27H25F2N3O2/c28-21-10-6-19(7-11-21)26(20-8-12-22(29)13-9-20)31-16-14-30(15-17-31)24-18-25(33)32(27(24)34)23-4-2-1-3-5-23/h1-13,24,26H,14-18H2/t24-/m1/s1. The van der Waals surface area contributed by atoms with E-state index in [-0.39, 0.29) is 35.9 Å². The zero-order valence-corrected chi connectivity index (χ0v) is 18.6. The van der Waals surface area contributed by atoms with Crippen molar-refractivity contribution in [3.63, 3.8) is 0 Å². The van der Waals surface area contributed by atoms with E-state index in [4.69, 9.17) is 0 Å². The number of rotatable bonds is 5.